The molecule has 0 aromatic heterocycles. The highest BCUT2D eigenvalue weighted by Crippen LogP contribution is 2.29. The molecule has 0 aliphatic heterocycles. The van der Waals surface area contributed by atoms with Crippen LogP contribution in [0.2, 0.25) is 0 Å². The van der Waals surface area contributed by atoms with Gasteiger partial charge in [0.25, 0.3) is 0 Å². The van der Waals surface area contributed by atoms with Crippen molar-refractivity contribution in [3.05, 3.63) is 64.1 Å². The van der Waals surface area contributed by atoms with Crippen molar-refractivity contribution >= 4 is 26.0 Å². The van der Waals surface area contributed by atoms with Crippen molar-refractivity contribution in [3.8, 4) is 0 Å². The van der Waals surface area contributed by atoms with Gasteiger partial charge in [-0.3, -0.25) is 0 Å². The highest BCUT2D eigenvalue weighted by molar-refractivity contribution is 9.10. The van der Waals surface area contributed by atoms with Gasteiger partial charge in [-0.1, -0.05) is 34.1 Å². The molecule has 0 spiro atoms. The van der Waals surface area contributed by atoms with Gasteiger partial charge in [-0.25, -0.2) is 13.1 Å². The monoisotopic (exact) mass is 393 g/mol. The van der Waals surface area contributed by atoms with Gasteiger partial charge in [0.2, 0.25) is 10.0 Å². The van der Waals surface area contributed by atoms with Crippen molar-refractivity contribution < 1.29 is 21.6 Å². The molecule has 22 heavy (non-hydrogen) atoms. The number of hydrogen-bond acceptors (Lipinski definition) is 2. The highest BCUT2D eigenvalue weighted by atomic mass is 79.9. The Hall–Kier alpha value is -1.38. The summed E-state index contributed by atoms with van der Waals surface area (Å²) in [6.45, 7) is -0.0903. The van der Waals surface area contributed by atoms with Crippen LogP contribution in [-0.4, -0.2) is 8.42 Å². The third kappa shape index (κ3) is 4.31. The van der Waals surface area contributed by atoms with Gasteiger partial charge in [-0.15, -0.1) is 0 Å². The standard InChI is InChI=1S/C14H11BrF3NO2S/c15-12-2-1-3-13(8-12)22(20,21)19-9-10-4-6-11(7-5-10)14(16,17)18/h1-8,19H,9H2. The predicted octanol–water partition coefficient (Wildman–Crippen LogP) is 3.95. The molecule has 3 nitrogen and oxygen atoms in total. The number of alkyl halides is 3. The number of benzene rings is 2. The van der Waals surface area contributed by atoms with Crippen molar-refractivity contribution in [2.45, 2.75) is 17.6 Å². The van der Waals surface area contributed by atoms with Crippen LogP contribution in [0.1, 0.15) is 11.1 Å². The molecule has 118 valence electrons. The van der Waals surface area contributed by atoms with E-state index in [4.69, 9.17) is 0 Å². The summed E-state index contributed by atoms with van der Waals surface area (Å²) in [6.07, 6.45) is -4.41. The second-order valence-electron chi connectivity index (χ2n) is 4.48. The van der Waals surface area contributed by atoms with Crippen LogP contribution in [0.25, 0.3) is 0 Å². The molecule has 2 aromatic carbocycles. The Kier molecular flexibility index (Phi) is 4.93. The fourth-order valence-electron chi connectivity index (χ4n) is 1.71. The van der Waals surface area contributed by atoms with E-state index in [1.807, 2.05) is 0 Å². The summed E-state index contributed by atoms with van der Waals surface area (Å²) >= 11 is 3.18. The van der Waals surface area contributed by atoms with Gasteiger partial charge in [-0.2, -0.15) is 13.2 Å². The smallest absolute Gasteiger partial charge is 0.207 e. The van der Waals surface area contributed by atoms with Gasteiger partial charge >= 0.3 is 6.18 Å². The van der Waals surface area contributed by atoms with Crippen molar-refractivity contribution in [1.82, 2.24) is 4.72 Å². The van der Waals surface area contributed by atoms with E-state index in [2.05, 4.69) is 20.7 Å². The Balaban J connectivity index is 2.09. The Morgan fingerprint density at radius 1 is 1.05 bits per heavy atom. The average molecular weight is 394 g/mol. The maximum absolute atomic E-state index is 12.4. The van der Waals surface area contributed by atoms with Crippen LogP contribution >= 0.6 is 15.9 Å². The van der Waals surface area contributed by atoms with Crippen LogP contribution in [0.5, 0.6) is 0 Å². The lowest BCUT2D eigenvalue weighted by molar-refractivity contribution is -0.137. The maximum atomic E-state index is 12.4. The first-order chi connectivity index (χ1) is 10.2. The van der Waals surface area contributed by atoms with E-state index in [-0.39, 0.29) is 11.4 Å². The van der Waals surface area contributed by atoms with E-state index < -0.39 is 21.8 Å². The minimum Gasteiger partial charge on any atom is -0.207 e. The van der Waals surface area contributed by atoms with Crippen LogP contribution in [0.4, 0.5) is 13.2 Å². The van der Waals surface area contributed by atoms with Crippen molar-refractivity contribution in [3.63, 3.8) is 0 Å². The van der Waals surface area contributed by atoms with Gasteiger partial charge in [0.15, 0.2) is 0 Å². The number of halogens is 4. The molecule has 0 atom stereocenters. The zero-order chi connectivity index (χ0) is 16.4. The minimum absolute atomic E-state index is 0.0776. The lowest BCUT2D eigenvalue weighted by atomic mass is 10.1. The zero-order valence-corrected chi connectivity index (χ0v) is 13.5. The molecule has 0 unspecified atom stereocenters. The molecule has 0 amide bonds. The lowest BCUT2D eigenvalue weighted by Crippen LogP contribution is -2.23. The summed E-state index contributed by atoms with van der Waals surface area (Å²) in [5, 5.41) is 0. The lowest BCUT2D eigenvalue weighted by Gasteiger charge is -2.09. The molecule has 0 aliphatic rings. The second kappa shape index (κ2) is 6.39. The molecule has 1 N–H and O–H groups in total. The van der Waals surface area contributed by atoms with E-state index in [1.165, 1.54) is 24.3 Å². The first-order valence-electron chi connectivity index (χ1n) is 6.10. The second-order valence-corrected chi connectivity index (χ2v) is 7.16. The molecule has 0 fully saturated rings. The molecular weight excluding hydrogens is 383 g/mol. The SMILES string of the molecule is O=S(=O)(NCc1ccc(C(F)(F)F)cc1)c1cccc(Br)c1. The number of hydrogen-bond donors (Lipinski definition) is 1. The molecule has 2 aromatic rings. The molecule has 0 heterocycles. The summed E-state index contributed by atoms with van der Waals surface area (Å²) in [5.41, 5.74) is -0.335. The number of nitrogens with one attached hydrogen (secondary N) is 1. The molecule has 0 saturated carbocycles. The normalized spacial score (nSPS) is 12.4. The summed E-state index contributed by atoms with van der Waals surface area (Å²) < 4.78 is 64.4. The number of sulfonamides is 1. The average Bonchev–Trinajstić information content (AvgIpc) is 2.45. The van der Waals surface area contributed by atoms with Gasteiger partial charge in [0.1, 0.15) is 0 Å². The van der Waals surface area contributed by atoms with Crippen LogP contribution in [0.15, 0.2) is 57.9 Å². The molecule has 8 heteroatoms. The van der Waals surface area contributed by atoms with Crippen molar-refractivity contribution in [2.75, 3.05) is 0 Å². The first-order valence-corrected chi connectivity index (χ1v) is 8.37. The van der Waals surface area contributed by atoms with Crippen molar-refractivity contribution in [1.29, 1.82) is 0 Å². The molecule has 0 saturated heterocycles. The minimum atomic E-state index is -4.41. The fourth-order valence-corrected chi connectivity index (χ4v) is 3.32. The summed E-state index contributed by atoms with van der Waals surface area (Å²) in [5.74, 6) is 0. The zero-order valence-electron chi connectivity index (χ0n) is 11.1. The van der Waals surface area contributed by atoms with Gasteiger partial charge < -0.3 is 0 Å². The summed E-state index contributed by atoms with van der Waals surface area (Å²) in [7, 11) is -3.72. The van der Waals surface area contributed by atoms with Gasteiger partial charge in [0.05, 0.1) is 10.5 Å². The Bertz CT molecular complexity index is 758. The van der Waals surface area contributed by atoms with Crippen LogP contribution in [0, 0.1) is 0 Å². The van der Waals surface area contributed by atoms with Crippen molar-refractivity contribution in [2.24, 2.45) is 0 Å². The predicted molar refractivity (Wildman–Crippen MR) is 79.6 cm³/mol. The Morgan fingerprint density at radius 3 is 2.23 bits per heavy atom. The van der Waals surface area contributed by atoms with Gasteiger partial charge in [0, 0.05) is 11.0 Å². The summed E-state index contributed by atoms with van der Waals surface area (Å²) in [4.78, 5) is 0.0776. The van der Waals surface area contributed by atoms with Crippen LogP contribution in [-0.2, 0) is 22.7 Å². The summed E-state index contributed by atoms with van der Waals surface area (Å²) in [6, 6.07) is 10.5. The highest BCUT2D eigenvalue weighted by Gasteiger charge is 2.29. The fraction of sp³-hybridized carbons (Fsp3) is 0.143. The Labute approximate surface area is 134 Å². The molecular formula is C14H11BrF3NO2S. The number of rotatable bonds is 4. The quantitative estimate of drug-likeness (QED) is 0.854. The largest absolute Gasteiger partial charge is 0.416 e. The van der Waals surface area contributed by atoms with E-state index in [1.54, 1.807) is 12.1 Å². The molecule has 0 bridgehead atoms. The molecule has 0 radical (unpaired) electrons. The van der Waals surface area contributed by atoms with E-state index in [0.29, 0.717) is 10.0 Å². The van der Waals surface area contributed by atoms with Crippen LogP contribution in [0.3, 0.4) is 0 Å². The van der Waals surface area contributed by atoms with E-state index in [0.717, 1.165) is 12.1 Å². The Morgan fingerprint density at radius 2 is 1.68 bits per heavy atom. The molecule has 2 rings (SSSR count). The maximum Gasteiger partial charge on any atom is 0.416 e. The van der Waals surface area contributed by atoms with Crippen LogP contribution < -0.4 is 4.72 Å². The third-order valence-electron chi connectivity index (χ3n) is 2.85. The first kappa shape index (κ1) is 17.0. The third-order valence-corrected chi connectivity index (χ3v) is 4.75. The van der Waals surface area contributed by atoms with E-state index >= 15 is 0 Å². The molecule has 0 aliphatic carbocycles. The topological polar surface area (TPSA) is 46.2 Å². The van der Waals surface area contributed by atoms with Gasteiger partial charge in [-0.05, 0) is 35.9 Å². The van der Waals surface area contributed by atoms with E-state index in [9.17, 15) is 21.6 Å².